The lowest BCUT2D eigenvalue weighted by atomic mass is 9.86. The van der Waals surface area contributed by atoms with Gasteiger partial charge in [-0.25, -0.2) is 8.42 Å². The normalized spacial score (nSPS) is 12.7. The molecule has 0 unspecified atom stereocenters. The monoisotopic (exact) mass is 284 g/mol. The molecule has 0 radical (unpaired) electrons. The van der Waals surface area contributed by atoms with Gasteiger partial charge in [0.25, 0.3) is 0 Å². The number of rotatable bonds is 5. The lowest BCUT2D eigenvalue weighted by Crippen LogP contribution is -2.27. The summed E-state index contributed by atoms with van der Waals surface area (Å²) in [6.45, 7) is 6.72. The van der Waals surface area contributed by atoms with E-state index in [1.54, 1.807) is 0 Å². The lowest BCUT2D eigenvalue weighted by molar-refractivity contribution is 0.432. The van der Waals surface area contributed by atoms with E-state index in [-0.39, 0.29) is 11.2 Å². The van der Waals surface area contributed by atoms with Crippen molar-refractivity contribution in [2.24, 2.45) is 0 Å². The molecule has 0 saturated carbocycles. The number of benzene rings is 1. The van der Waals surface area contributed by atoms with Gasteiger partial charge in [-0.2, -0.15) is 0 Å². The third-order valence-electron chi connectivity index (χ3n) is 2.81. The number of nitrogens with zero attached hydrogens (tertiary/aromatic N) is 1. The van der Waals surface area contributed by atoms with Gasteiger partial charge in [0.05, 0.1) is 11.4 Å². The average molecular weight is 284 g/mol. The zero-order chi connectivity index (χ0) is 14.7. The third kappa shape index (κ3) is 5.20. The van der Waals surface area contributed by atoms with E-state index in [0.29, 0.717) is 12.2 Å². The summed E-state index contributed by atoms with van der Waals surface area (Å²) in [4.78, 5) is 1.86. The molecule has 4 nitrogen and oxygen atoms in total. The Balaban J connectivity index is 2.94. The molecule has 0 bridgehead atoms. The van der Waals surface area contributed by atoms with Crippen LogP contribution in [0, 0.1) is 0 Å². The Morgan fingerprint density at radius 2 is 1.74 bits per heavy atom. The molecule has 5 heteroatoms. The maximum absolute atomic E-state index is 12.0. The summed E-state index contributed by atoms with van der Waals surface area (Å²) in [5.74, 6) is 0.0957. The Hall–Kier alpha value is -1.07. The molecule has 0 heterocycles. The van der Waals surface area contributed by atoms with Crippen molar-refractivity contribution < 1.29 is 8.42 Å². The van der Waals surface area contributed by atoms with Crippen LogP contribution in [0.25, 0.3) is 0 Å². The highest BCUT2D eigenvalue weighted by molar-refractivity contribution is 7.92. The molecule has 1 N–H and O–H groups in total. The van der Waals surface area contributed by atoms with E-state index in [9.17, 15) is 8.42 Å². The van der Waals surface area contributed by atoms with Crippen molar-refractivity contribution in [1.29, 1.82) is 0 Å². The van der Waals surface area contributed by atoms with E-state index < -0.39 is 10.0 Å². The minimum absolute atomic E-state index is 0.0957. The fraction of sp³-hybridized carbons (Fsp3) is 0.571. The number of sulfonamides is 1. The second-order valence-electron chi connectivity index (χ2n) is 6.02. The van der Waals surface area contributed by atoms with Crippen molar-refractivity contribution in [2.45, 2.75) is 26.2 Å². The van der Waals surface area contributed by atoms with Crippen molar-refractivity contribution in [3.8, 4) is 0 Å². The molecule has 19 heavy (non-hydrogen) atoms. The van der Waals surface area contributed by atoms with Crippen molar-refractivity contribution in [3.63, 3.8) is 0 Å². The van der Waals surface area contributed by atoms with Crippen LogP contribution in [0.4, 0.5) is 5.69 Å². The summed E-state index contributed by atoms with van der Waals surface area (Å²) in [5, 5.41) is 0. The second-order valence-corrected chi connectivity index (χ2v) is 7.86. The Kier molecular flexibility index (Phi) is 4.98. The quantitative estimate of drug-likeness (QED) is 0.902. The number of anilines is 1. The van der Waals surface area contributed by atoms with Crippen LogP contribution in [0.15, 0.2) is 24.3 Å². The summed E-state index contributed by atoms with van der Waals surface area (Å²) in [6, 6.07) is 7.55. The molecule has 1 aromatic carbocycles. The number of nitrogens with one attached hydrogen (secondary N) is 1. The first-order valence-electron chi connectivity index (χ1n) is 6.36. The van der Waals surface area contributed by atoms with E-state index in [1.807, 2.05) is 43.3 Å². The van der Waals surface area contributed by atoms with E-state index in [1.165, 1.54) is 0 Å². The van der Waals surface area contributed by atoms with Crippen molar-refractivity contribution in [1.82, 2.24) is 4.90 Å². The molecule has 0 amide bonds. The highest BCUT2D eigenvalue weighted by Crippen LogP contribution is 2.29. The molecule has 0 spiro atoms. The molecular formula is C14H24N2O2S. The Morgan fingerprint density at radius 3 is 2.26 bits per heavy atom. The largest absolute Gasteiger partial charge is 0.308 e. The first-order valence-corrected chi connectivity index (χ1v) is 8.02. The van der Waals surface area contributed by atoms with Gasteiger partial charge in [-0.3, -0.25) is 4.72 Å². The predicted octanol–water partition coefficient (Wildman–Crippen LogP) is 2.29. The van der Waals surface area contributed by atoms with Crippen LogP contribution < -0.4 is 4.72 Å². The summed E-state index contributed by atoms with van der Waals surface area (Å²) < 4.78 is 26.8. The molecule has 0 aliphatic rings. The van der Waals surface area contributed by atoms with Crippen molar-refractivity contribution >= 4 is 15.7 Å². The van der Waals surface area contributed by atoms with E-state index in [4.69, 9.17) is 0 Å². The molecule has 0 aromatic heterocycles. The molecule has 0 aliphatic carbocycles. The van der Waals surface area contributed by atoms with Crippen LogP contribution in [-0.2, 0) is 15.4 Å². The third-order valence-corrected chi connectivity index (χ3v) is 4.06. The Morgan fingerprint density at radius 1 is 1.16 bits per heavy atom. The summed E-state index contributed by atoms with van der Waals surface area (Å²) >= 11 is 0. The zero-order valence-corrected chi connectivity index (χ0v) is 13.2. The molecule has 0 saturated heterocycles. The fourth-order valence-electron chi connectivity index (χ4n) is 1.75. The fourth-order valence-corrected chi connectivity index (χ4v) is 2.97. The van der Waals surface area contributed by atoms with Crippen LogP contribution in [0.2, 0.25) is 0 Å². The Bertz CT molecular complexity index is 516. The van der Waals surface area contributed by atoms with Crippen LogP contribution >= 0.6 is 0 Å². The van der Waals surface area contributed by atoms with Gasteiger partial charge in [0.15, 0.2) is 0 Å². The second kappa shape index (κ2) is 5.92. The average Bonchev–Trinajstić information content (AvgIpc) is 2.25. The highest BCUT2D eigenvalue weighted by Gasteiger charge is 2.20. The van der Waals surface area contributed by atoms with Gasteiger partial charge < -0.3 is 4.90 Å². The van der Waals surface area contributed by atoms with Crippen molar-refractivity contribution in [2.75, 3.05) is 31.1 Å². The van der Waals surface area contributed by atoms with Gasteiger partial charge in [0.1, 0.15) is 0 Å². The van der Waals surface area contributed by atoms with Gasteiger partial charge in [0, 0.05) is 6.54 Å². The van der Waals surface area contributed by atoms with Gasteiger partial charge in [-0.15, -0.1) is 0 Å². The summed E-state index contributed by atoms with van der Waals surface area (Å²) in [6.07, 6.45) is 0. The van der Waals surface area contributed by atoms with Gasteiger partial charge in [-0.1, -0.05) is 39.0 Å². The SMILES string of the molecule is CN(C)CCS(=O)(=O)Nc1ccccc1C(C)(C)C. The van der Waals surface area contributed by atoms with E-state index >= 15 is 0 Å². The predicted molar refractivity (Wildman–Crippen MR) is 81.1 cm³/mol. The molecule has 0 atom stereocenters. The smallest absolute Gasteiger partial charge is 0.233 e. The number of para-hydroxylation sites is 1. The maximum Gasteiger partial charge on any atom is 0.233 e. The summed E-state index contributed by atoms with van der Waals surface area (Å²) in [7, 11) is 0.415. The summed E-state index contributed by atoms with van der Waals surface area (Å²) in [5.41, 5.74) is 1.58. The van der Waals surface area contributed by atoms with Gasteiger partial charge in [-0.05, 0) is 31.1 Å². The molecule has 108 valence electrons. The van der Waals surface area contributed by atoms with Crippen LogP contribution in [0.1, 0.15) is 26.3 Å². The topological polar surface area (TPSA) is 49.4 Å². The maximum atomic E-state index is 12.0. The first-order chi connectivity index (χ1) is 8.62. The Labute approximate surface area is 116 Å². The standard InChI is InChI=1S/C14H24N2O2S/c1-14(2,3)12-8-6-7-9-13(12)15-19(17,18)11-10-16(4)5/h6-9,15H,10-11H2,1-5H3. The molecular weight excluding hydrogens is 260 g/mol. The lowest BCUT2D eigenvalue weighted by Gasteiger charge is -2.23. The van der Waals surface area contributed by atoms with Crippen LogP contribution in [0.5, 0.6) is 0 Å². The molecule has 0 fully saturated rings. The molecule has 0 aliphatic heterocycles. The van der Waals surface area contributed by atoms with E-state index in [0.717, 1.165) is 5.56 Å². The molecule has 1 rings (SSSR count). The van der Waals surface area contributed by atoms with Crippen LogP contribution in [-0.4, -0.2) is 39.7 Å². The number of hydrogen-bond acceptors (Lipinski definition) is 3. The zero-order valence-electron chi connectivity index (χ0n) is 12.4. The molecule has 1 aromatic rings. The first kappa shape index (κ1) is 16.0. The van der Waals surface area contributed by atoms with Crippen LogP contribution in [0.3, 0.4) is 0 Å². The number of hydrogen-bond donors (Lipinski definition) is 1. The van der Waals surface area contributed by atoms with E-state index in [2.05, 4.69) is 25.5 Å². The van der Waals surface area contributed by atoms with Crippen molar-refractivity contribution in [3.05, 3.63) is 29.8 Å². The van der Waals surface area contributed by atoms with Gasteiger partial charge in [0.2, 0.25) is 10.0 Å². The highest BCUT2D eigenvalue weighted by atomic mass is 32.2. The minimum Gasteiger partial charge on any atom is -0.308 e. The van der Waals surface area contributed by atoms with Gasteiger partial charge >= 0.3 is 0 Å². The minimum atomic E-state index is -3.30.